The van der Waals surface area contributed by atoms with Gasteiger partial charge in [-0.3, -0.25) is 9.67 Å². The molecule has 0 fully saturated rings. The zero-order valence-electron chi connectivity index (χ0n) is 12.6. The molecule has 0 amide bonds. The Morgan fingerprint density at radius 1 is 1.17 bits per heavy atom. The molecule has 0 aliphatic heterocycles. The summed E-state index contributed by atoms with van der Waals surface area (Å²) in [6.07, 6.45) is 6.93. The molecular weight excluding hydrogens is 294 g/mol. The van der Waals surface area contributed by atoms with Crippen LogP contribution < -0.4 is 0 Å². The molecule has 0 atom stereocenters. The molecule has 4 rings (SSSR count). The van der Waals surface area contributed by atoms with Crippen molar-refractivity contribution in [2.75, 3.05) is 0 Å². The Morgan fingerprint density at radius 3 is 2.83 bits per heavy atom. The Kier molecular flexibility index (Phi) is 3.04. The summed E-state index contributed by atoms with van der Waals surface area (Å²) in [4.78, 5) is 8.61. The summed E-state index contributed by atoms with van der Waals surface area (Å²) < 4.78 is 12.4. The van der Waals surface area contributed by atoms with E-state index < -0.39 is 0 Å². The molecule has 23 heavy (non-hydrogen) atoms. The molecule has 114 valence electrons. The van der Waals surface area contributed by atoms with Gasteiger partial charge in [-0.05, 0) is 25.1 Å². The van der Waals surface area contributed by atoms with Crippen LogP contribution in [0.25, 0.3) is 34.1 Å². The molecule has 0 radical (unpaired) electrons. The zero-order valence-corrected chi connectivity index (χ0v) is 12.6. The summed E-state index contributed by atoms with van der Waals surface area (Å²) in [5.74, 6) is 1.65. The van der Waals surface area contributed by atoms with Crippen molar-refractivity contribution in [3.05, 3.63) is 48.8 Å². The van der Waals surface area contributed by atoms with Gasteiger partial charge in [0.1, 0.15) is 11.5 Å². The highest BCUT2D eigenvalue weighted by molar-refractivity contribution is 5.76. The first-order valence-corrected chi connectivity index (χ1v) is 7.05. The van der Waals surface area contributed by atoms with Crippen molar-refractivity contribution < 1.29 is 8.94 Å². The maximum Gasteiger partial charge on any atom is 0.262 e. The average Bonchev–Trinajstić information content (AvgIpc) is 3.27. The lowest BCUT2D eigenvalue weighted by atomic mass is 10.1. The van der Waals surface area contributed by atoms with Crippen molar-refractivity contribution in [3.63, 3.8) is 0 Å². The van der Waals surface area contributed by atoms with Gasteiger partial charge in [-0.2, -0.15) is 10.1 Å². The third-order valence-electron chi connectivity index (χ3n) is 3.52. The first kappa shape index (κ1) is 13.4. The van der Waals surface area contributed by atoms with E-state index in [9.17, 15) is 0 Å². The van der Waals surface area contributed by atoms with Crippen LogP contribution in [-0.4, -0.2) is 24.9 Å². The number of rotatable bonds is 3. The second-order valence-corrected chi connectivity index (χ2v) is 5.12. The van der Waals surface area contributed by atoms with Gasteiger partial charge in [0.2, 0.25) is 5.82 Å². The first-order valence-electron chi connectivity index (χ1n) is 7.05. The lowest BCUT2D eigenvalue weighted by Gasteiger charge is -1.97. The molecule has 4 aromatic rings. The summed E-state index contributed by atoms with van der Waals surface area (Å²) in [5.41, 5.74) is 3.22. The third kappa shape index (κ3) is 2.32. The van der Waals surface area contributed by atoms with E-state index in [1.807, 2.05) is 38.4 Å². The normalized spacial score (nSPS) is 11.0. The molecule has 0 aromatic carbocycles. The van der Waals surface area contributed by atoms with Crippen LogP contribution >= 0.6 is 0 Å². The molecule has 0 aliphatic carbocycles. The number of hydrogen-bond acceptors (Lipinski definition) is 6. The van der Waals surface area contributed by atoms with Crippen molar-refractivity contribution in [1.29, 1.82) is 0 Å². The fourth-order valence-electron chi connectivity index (χ4n) is 2.42. The van der Waals surface area contributed by atoms with Gasteiger partial charge in [-0.25, -0.2) is 0 Å². The second kappa shape index (κ2) is 5.20. The van der Waals surface area contributed by atoms with Gasteiger partial charge in [0.15, 0.2) is 0 Å². The van der Waals surface area contributed by atoms with E-state index >= 15 is 0 Å². The minimum absolute atomic E-state index is 0.410. The third-order valence-corrected chi connectivity index (χ3v) is 3.52. The van der Waals surface area contributed by atoms with Gasteiger partial charge in [-0.15, -0.1) is 0 Å². The fraction of sp³-hybridized carbons (Fsp3) is 0.125. The van der Waals surface area contributed by atoms with E-state index in [-0.39, 0.29) is 0 Å². The number of aromatic nitrogens is 5. The predicted molar refractivity (Wildman–Crippen MR) is 82.2 cm³/mol. The molecule has 0 saturated heterocycles. The summed E-state index contributed by atoms with van der Waals surface area (Å²) in [7, 11) is 1.85. The molecule has 0 bridgehead atoms. The summed E-state index contributed by atoms with van der Waals surface area (Å²) >= 11 is 0. The van der Waals surface area contributed by atoms with E-state index in [4.69, 9.17) is 8.94 Å². The molecule has 4 aromatic heterocycles. The smallest absolute Gasteiger partial charge is 0.262 e. The van der Waals surface area contributed by atoms with Crippen molar-refractivity contribution >= 4 is 0 Å². The Labute approximate surface area is 131 Å². The molecule has 0 unspecified atom stereocenters. The van der Waals surface area contributed by atoms with Crippen LogP contribution in [0.5, 0.6) is 0 Å². The Balaban J connectivity index is 1.81. The van der Waals surface area contributed by atoms with Gasteiger partial charge in [0.05, 0.1) is 17.4 Å². The Hall–Kier alpha value is -3.22. The van der Waals surface area contributed by atoms with Crippen molar-refractivity contribution in [2.24, 2.45) is 7.05 Å². The predicted octanol–water partition coefficient (Wildman–Crippen LogP) is 3.10. The number of hydrogen-bond donors (Lipinski definition) is 0. The number of furan rings is 1. The molecule has 4 heterocycles. The van der Waals surface area contributed by atoms with E-state index in [0.29, 0.717) is 11.7 Å². The fourth-order valence-corrected chi connectivity index (χ4v) is 2.42. The van der Waals surface area contributed by atoms with Crippen molar-refractivity contribution in [2.45, 2.75) is 6.92 Å². The molecule has 0 spiro atoms. The minimum Gasteiger partial charge on any atom is -0.469 e. The van der Waals surface area contributed by atoms with Crippen LogP contribution in [-0.2, 0) is 7.05 Å². The van der Waals surface area contributed by atoms with Gasteiger partial charge in [-0.1, -0.05) is 5.16 Å². The molecule has 7 nitrogen and oxygen atoms in total. The minimum atomic E-state index is 0.410. The van der Waals surface area contributed by atoms with Crippen molar-refractivity contribution in [3.8, 4) is 34.1 Å². The molecule has 0 N–H and O–H groups in total. The zero-order chi connectivity index (χ0) is 15.8. The van der Waals surface area contributed by atoms with Crippen LogP contribution in [0.2, 0.25) is 0 Å². The van der Waals surface area contributed by atoms with Gasteiger partial charge < -0.3 is 8.94 Å². The lowest BCUT2D eigenvalue weighted by molar-refractivity contribution is 0.432. The van der Waals surface area contributed by atoms with Gasteiger partial charge >= 0.3 is 0 Å². The Morgan fingerprint density at radius 2 is 2.09 bits per heavy atom. The molecule has 7 heteroatoms. The lowest BCUT2D eigenvalue weighted by Crippen LogP contribution is -1.88. The van der Waals surface area contributed by atoms with E-state index in [1.54, 1.807) is 23.3 Å². The number of pyridine rings is 1. The van der Waals surface area contributed by atoms with E-state index in [0.717, 1.165) is 28.1 Å². The highest BCUT2D eigenvalue weighted by Crippen LogP contribution is 2.31. The highest BCUT2D eigenvalue weighted by atomic mass is 16.5. The maximum atomic E-state index is 5.43. The largest absolute Gasteiger partial charge is 0.469 e. The topological polar surface area (TPSA) is 82.8 Å². The van der Waals surface area contributed by atoms with Crippen LogP contribution in [0, 0.1) is 6.92 Å². The van der Waals surface area contributed by atoms with Crippen LogP contribution in [0.3, 0.4) is 0 Å². The SMILES string of the molecule is Cc1occc1-c1noc(-c2cn(C)nc2-c2cccnc2)n1. The Bertz CT molecular complexity index is 952. The van der Waals surface area contributed by atoms with Gasteiger partial charge in [0.25, 0.3) is 5.89 Å². The number of nitrogens with zero attached hydrogens (tertiary/aromatic N) is 5. The quantitative estimate of drug-likeness (QED) is 0.578. The molecule has 0 aliphatic rings. The van der Waals surface area contributed by atoms with Crippen LogP contribution in [0.1, 0.15) is 5.76 Å². The van der Waals surface area contributed by atoms with Crippen LogP contribution in [0.4, 0.5) is 0 Å². The van der Waals surface area contributed by atoms with Crippen LogP contribution in [0.15, 0.2) is 52.0 Å². The highest BCUT2D eigenvalue weighted by Gasteiger charge is 2.19. The average molecular weight is 307 g/mol. The second-order valence-electron chi connectivity index (χ2n) is 5.12. The van der Waals surface area contributed by atoms with E-state index in [1.165, 1.54) is 0 Å². The first-order chi connectivity index (χ1) is 11.2. The molecule has 0 saturated carbocycles. The monoisotopic (exact) mass is 307 g/mol. The van der Waals surface area contributed by atoms with Gasteiger partial charge in [0, 0.05) is 31.2 Å². The standard InChI is InChI=1S/C16H13N5O2/c1-10-12(5-7-22-10)15-18-16(23-20-15)13-9-21(2)19-14(13)11-4-3-6-17-8-11/h3-9H,1-2H3. The summed E-state index contributed by atoms with van der Waals surface area (Å²) in [6.45, 7) is 1.86. The number of aryl methyl sites for hydroxylation is 2. The van der Waals surface area contributed by atoms with Crippen molar-refractivity contribution in [1.82, 2.24) is 24.9 Å². The summed E-state index contributed by atoms with van der Waals surface area (Å²) in [6, 6.07) is 5.62. The van der Waals surface area contributed by atoms with E-state index in [2.05, 4.69) is 20.2 Å². The maximum absolute atomic E-state index is 5.43. The summed E-state index contributed by atoms with van der Waals surface area (Å²) in [5, 5.41) is 8.52. The molecular formula is C16H13N5O2.